The third-order valence-corrected chi connectivity index (χ3v) is 4.30. The molecule has 1 unspecified atom stereocenters. The van der Waals surface area contributed by atoms with Crippen molar-refractivity contribution in [2.24, 2.45) is 0 Å². The van der Waals surface area contributed by atoms with Gasteiger partial charge in [-0.05, 0) is 43.0 Å². The van der Waals surface area contributed by atoms with Gasteiger partial charge in [-0.15, -0.1) is 0 Å². The molecule has 0 aliphatic heterocycles. The van der Waals surface area contributed by atoms with Crippen molar-refractivity contribution in [1.82, 2.24) is 5.32 Å². The normalized spacial score (nSPS) is 18.3. The summed E-state index contributed by atoms with van der Waals surface area (Å²) in [6, 6.07) is 14.4. The smallest absolute Gasteiger partial charge is 0.123 e. The number of para-hydroxylation sites is 1. The van der Waals surface area contributed by atoms with Crippen molar-refractivity contribution in [3.05, 3.63) is 59.2 Å². The molecule has 3 heteroatoms. The summed E-state index contributed by atoms with van der Waals surface area (Å²) in [6.45, 7) is 2.15. The highest BCUT2D eigenvalue weighted by molar-refractivity contribution is 5.44. The Bertz CT molecular complexity index is 639. The number of rotatable bonds is 4. The van der Waals surface area contributed by atoms with E-state index in [0.29, 0.717) is 5.75 Å². The van der Waals surface area contributed by atoms with Crippen LogP contribution >= 0.6 is 0 Å². The van der Waals surface area contributed by atoms with Crippen molar-refractivity contribution in [1.29, 1.82) is 0 Å². The first-order chi connectivity index (χ1) is 10.2. The van der Waals surface area contributed by atoms with Crippen molar-refractivity contribution in [2.45, 2.75) is 31.8 Å². The van der Waals surface area contributed by atoms with Crippen LogP contribution in [0.5, 0.6) is 11.5 Å². The first kappa shape index (κ1) is 14.0. The fourth-order valence-corrected chi connectivity index (χ4v) is 3.22. The number of benzene rings is 2. The number of hydrogen-bond donors (Lipinski definition) is 2. The van der Waals surface area contributed by atoms with Gasteiger partial charge in [0.25, 0.3) is 0 Å². The number of phenolic OH excluding ortho intramolecular Hbond substituents is 1. The topological polar surface area (TPSA) is 41.5 Å². The summed E-state index contributed by atoms with van der Waals surface area (Å²) >= 11 is 0. The van der Waals surface area contributed by atoms with Crippen LogP contribution in [-0.4, -0.2) is 12.2 Å². The summed E-state index contributed by atoms with van der Waals surface area (Å²) in [4.78, 5) is 0. The van der Waals surface area contributed by atoms with E-state index in [1.807, 2.05) is 24.3 Å². The number of ether oxygens (including phenoxy) is 1. The van der Waals surface area contributed by atoms with Crippen LogP contribution in [0.4, 0.5) is 0 Å². The van der Waals surface area contributed by atoms with Crippen LogP contribution in [0.15, 0.2) is 42.5 Å². The molecule has 0 radical (unpaired) electrons. The molecule has 3 nitrogen and oxygen atoms in total. The molecule has 1 aliphatic rings. The van der Waals surface area contributed by atoms with Crippen LogP contribution in [0, 0.1) is 0 Å². The average molecular weight is 283 g/mol. The molecular formula is C18H21NO2. The highest BCUT2D eigenvalue weighted by atomic mass is 16.5. The lowest BCUT2D eigenvalue weighted by molar-refractivity contribution is 0.393. The molecule has 0 saturated heterocycles. The largest absolute Gasteiger partial charge is 0.508 e. The molecule has 21 heavy (non-hydrogen) atoms. The quantitative estimate of drug-likeness (QED) is 0.898. The van der Waals surface area contributed by atoms with Gasteiger partial charge in [0.05, 0.1) is 7.11 Å². The second-order valence-electron chi connectivity index (χ2n) is 5.57. The van der Waals surface area contributed by atoms with Crippen molar-refractivity contribution in [3.63, 3.8) is 0 Å². The minimum absolute atomic E-state index is 0.194. The van der Waals surface area contributed by atoms with Crippen LogP contribution in [0.25, 0.3) is 0 Å². The van der Waals surface area contributed by atoms with Gasteiger partial charge in [0.2, 0.25) is 0 Å². The van der Waals surface area contributed by atoms with Gasteiger partial charge < -0.3 is 15.2 Å². The number of aromatic hydroxyl groups is 1. The molecule has 0 amide bonds. The fraction of sp³-hybridized carbons (Fsp3) is 0.333. The van der Waals surface area contributed by atoms with E-state index < -0.39 is 0 Å². The average Bonchev–Trinajstić information content (AvgIpc) is 2.92. The zero-order valence-electron chi connectivity index (χ0n) is 12.5. The van der Waals surface area contributed by atoms with Crippen molar-refractivity contribution in [3.8, 4) is 11.5 Å². The third kappa shape index (κ3) is 2.61. The van der Waals surface area contributed by atoms with Gasteiger partial charge in [0.1, 0.15) is 11.5 Å². The van der Waals surface area contributed by atoms with Gasteiger partial charge in [0.15, 0.2) is 0 Å². The van der Waals surface area contributed by atoms with Crippen LogP contribution in [-0.2, 0) is 6.42 Å². The maximum atomic E-state index is 9.93. The van der Waals surface area contributed by atoms with E-state index >= 15 is 0 Å². The minimum Gasteiger partial charge on any atom is -0.508 e. The lowest BCUT2D eigenvalue weighted by Crippen LogP contribution is -2.23. The summed E-state index contributed by atoms with van der Waals surface area (Å²) in [5, 5.41) is 13.6. The summed E-state index contributed by atoms with van der Waals surface area (Å²) in [5.74, 6) is 1.33. The predicted molar refractivity (Wildman–Crippen MR) is 83.7 cm³/mol. The van der Waals surface area contributed by atoms with Gasteiger partial charge >= 0.3 is 0 Å². The van der Waals surface area contributed by atoms with E-state index in [1.165, 1.54) is 5.56 Å². The zero-order valence-corrected chi connectivity index (χ0v) is 12.5. The van der Waals surface area contributed by atoms with E-state index in [0.717, 1.165) is 29.7 Å². The number of nitrogens with one attached hydrogen (secondary N) is 1. The van der Waals surface area contributed by atoms with E-state index in [9.17, 15) is 5.11 Å². The molecule has 0 bridgehead atoms. The van der Waals surface area contributed by atoms with E-state index in [1.54, 1.807) is 13.2 Å². The lowest BCUT2D eigenvalue weighted by atomic mass is 10.0. The summed E-state index contributed by atoms with van der Waals surface area (Å²) in [6.07, 6.45) is 1.95. The summed E-state index contributed by atoms with van der Waals surface area (Å²) in [5.41, 5.74) is 3.47. The number of methoxy groups -OCH3 is 1. The predicted octanol–water partition coefficient (Wildman–Crippen LogP) is 3.74. The molecule has 0 aromatic heterocycles. The SMILES string of the molecule is COc1ccccc1[C@@H](C)NC1CCc2c(O)cccc21. The molecule has 2 N–H and O–H groups in total. The number of hydrogen-bond acceptors (Lipinski definition) is 3. The fourth-order valence-electron chi connectivity index (χ4n) is 3.22. The van der Waals surface area contributed by atoms with Crippen LogP contribution in [0.3, 0.4) is 0 Å². The Kier molecular flexibility index (Phi) is 3.84. The maximum absolute atomic E-state index is 9.93. The highest BCUT2D eigenvalue weighted by Crippen LogP contribution is 2.38. The monoisotopic (exact) mass is 283 g/mol. The Morgan fingerprint density at radius 1 is 1.19 bits per heavy atom. The van der Waals surface area contributed by atoms with E-state index in [2.05, 4.69) is 24.4 Å². The van der Waals surface area contributed by atoms with Crippen LogP contribution in [0.1, 0.15) is 42.1 Å². The Balaban J connectivity index is 1.81. The molecule has 110 valence electrons. The standard InChI is InChI=1S/C18H21NO2/c1-12(13-6-3-4-9-18(13)21-2)19-16-11-10-15-14(16)7-5-8-17(15)20/h3-9,12,16,19-20H,10-11H2,1-2H3/t12-,16?/m1/s1. The Hall–Kier alpha value is -2.00. The van der Waals surface area contributed by atoms with Crippen molar-refractivity contribution in [2.75, 3.05) is 7.11 Å². The highest BCUT2D eigenvalue weighted by Gasteiger charge is 2.26. The second kappa shape index (κ2) is 5.78. The van der Waals surface area contributed by atoms with Crippen molar-refractivity contribution >= 4 is 0 Å². The zero-order chi connectivity index (χ0) is 14.8. The number of fused-ring (bicyclic) bond motifs is 1. The molecule has 2 aromatic rings. The molecule has 2 aromatic carbocycles. The minimum atomic E-state index is 0.194. The Morgan fingerprint density at radius 2 is 2.00 bits per heavy atom. The van der Waals surface area contributed by atoms with Gasteiger partial charge in [-0.1, -0.05) is 30.3 Å². The second-order valence-corrected chi connectivity index (χ2v) is 5.57. The molecule has 1 aliphatic carbocycles. The van der Waals surface area contributed by atoms with Crippen LogP contribution in [0.2, 0.25) is 0 Å². The van der Waals surface area contributed by atoms with E-state index in [4.69, 9.17) is 4.74 Å². The summed E-state index contributed by atoms with van der Waals surface area (Å²) < 4.78 is 5.44. The Labute approximate surface area is 125 Å². The molecule has 0 saturated carbocycles. The van der Waals surface area contributed by atoms with E-state index in [-0.39, 0.29) is 12.1 Å². The lowest BCUT2D eigenvalue weighted by Gasteiger charge is -2.22. The third-order valence-electron chi connectivity index (χ3n) is 4.30. The maximum Gasteiger partial charge on any atom is 0.123 e. The number of phenols is 1. The van der Waals surface area contributed by atoms with Gasteiger partial charge in [-0.3, -0.25) is 0 Å². The van der Waals surface area contributed by atoms with Gasteiger partial charge in [-0.25, -0.2) is 0 Å². The first-order valence-electron chi connectivity index (χ1n) is 7.40. The van der Waals surface area contributed by atoms with Gasteiger partial charge in [0, 0.05) is 17.6 Å². The molecule has 2 atom stereocenters. The summed E-state index contributed by atoms with van der Waals surface area (Å²) in [7, 11) is 1.70. The molecule has 0 fully saturated rings. The van der Waals surface area contributed by atoms with Crippen LogP contribution < -0.4 is 10.1 Å². The molecule has 3 rings (SSSR count). The molecule has 0 spiro atoms. The van der Waals surface area contributed by atoms with Crippen molar-refractivity contribution < 1.29 is 9.84 Å². The Morgan fingerprint density at radius 3 is 2.81 bits per heavy atom. The first-order valence-corrected chi connectivity index (χ1v) is 7.40. The molecule has 0 heterocycles. The molecular weight excluding hydrogens is 262 g/mol. The van der Waals surface area contributed by atoms with Gasteiger partial charge in [-0.2, -0.15) is 0 Å².